The lowest BCUT2D eigenvalue weighted by Crippen LogP contribution is -2.45. The van der Waals surface area contributed by atoms with Gasteiger partial charge in [0.25, 0.3) is 11.8 Å². The maximum absolute atomic E-state index is 14.0. The van der Waals surface area contributed by atoms with E-state index in [1.807, 2.05) is 87.6 Å². The number of pyridine rings is 2. The van der Waals surface area contributed by atoms with Gasteiger partial charge in [0.1, 0.15) is 18.8 Å². The minimum absolute atomic E-state index is 0.0628. The van der Waals surface area contributed by atoms with Gasteiger partial charge in [0.05, 0.1) is 29.7 Å². The molecule has 0 fully saturated rings. The van der Waals surface area contributed by atoms with Crippen molar-refractivity contribution in [3.8, 4) is 22.6 Å². The Hall–Kier alpha value is -8.55. The second-order valence-electron chi connectivity index (χ2n) is 18.9. The Labute approximate surface area is 434 Å². The van der Waals surface area contributed by atoms with Crippen LogP contribution in [0.3, 0.4) is 0 Å². The van der Waals surface area contributed by atoms with Gasteiger partial charge >= 0.3 is 12.1 Å². The number of carbonyl (C=O) groups is 7. The number of imide groups is 1. The van der Waals surface area contributed by atoms with E-state index in [9.17, 15) is 33.6 Å². The maximum Gasteiger partial charge on any atom is 0.410 e. The molecular formula is C55H64N12O8. The highest BCUT2D eigenvalue weighted by Gasteiger charge is 2.30. The number of carbonyl (C=O) groups excluding carboxylic acids is 7. The molecule has 7 rings (SSSR count). The number of hydrogen-bond donors (Lipinski definition) is 5. The van der Waals surface area contributed by atoms with E-state index in [-0.39, 0.29) is 74.9 Å². The van der Waals surface area contributed by atoms with Crippen LogP contribution in [0.15, 0.2) is 110 Å². The van der Waals surface area contributed by atoms with Crippen molar-refractivity contribution in [3.63, 3.8) is 0 Å². The third-order valence-corrected chi connectivity index (χ3v) is 12.7. The number of nitrogens with two attached hydrogens (primary N) is 1. The molecule has 20 heteroatoms. The van der Waals surface area contributed by atoms with Crippen molar-refractivity contribution in [2.75, 3.05) is 25.0 Å². The van der Waals surface area contributed by atoms with Crippen molar-refractivity contribution < 1.29 is 38.3 Å². The summed E-state index contributed by atoms with van der Waals surface area (Å²) < 4.78 is 7.60. The zero-order chi connectivity index (χ0) is 53.3. The number of fused-ring (bicyclic) bond motifs is 1. The summed E-state index contributed by atoms with van der Waals surface area (Å²) in [7, 11) is 0. The molecule has 1 aliphatic heterocycles. The second kappa shape index (κ2) is 26.4. The van der Waals surface area contributed by atoms with Crippen LogP contribution in [0, 0.1) is 18.8 Å². The number of benzene rings is 2. The molecule has 6 N–H and O–H groups in total. The molecule has 6 aromatic rings. The van der Waals surface area contributed by atoms with Gasteiger partial charge in [-0.15, -0.1) is 0 Å². The van der Waals surface area contributed by atoms with E-state index in [1.54, 1.807) is 33.7 Å². The summed E-state index contributed by atoms with van der Waals surface area (Å²) in [6.45, 7) is 6.43. The standard InChI is InChI=1S/C55H64N12O8/c1-36(2)50(64-47(69)19-8-5-9-30-66-48(70)26-27-49(66)71)44(68)31-40(17-11-28-57-54(56)73)53(72)61-42-23-20-39(21-24-42)34-75-55(74)65(29-12-16-38-14-6-4-7-15-38)33-45-62-51(41-22-25-46-58-35-59-67(46)32-41)52(63-45)43-18-10-13-37(3)60-43/h4,6-7,10,13-15,18,20-27,32,35-36,40,50H,5,8-9,11-12,16-17,19,28-31,33-34H2,1-3H3,(H,61,72)(H,62,63)(H,64,69)(H3,56,57,73)/t40-,50+/m1/s1. The molecule has 2 atom stereocenters. The summed E-state index contributed by atoms with van der Waals surface area (Å²) in [5.41, 5.74) is 11.8. The number of amides is 7. The van der Waals surface area contributed by atoms with Gasteiger partial charge in [-0.05, 0) is 98.9 Å². The van der Waals surface area contributed by atoms with Crippen LogP contribution in [0.1, 0.15) is 87.9 Å². The lowest BCUT2D eigenvalue weighted by Gasteiger charge is -2.24. The number of nitrogens with one attached hydrogen (secondary N) is 4. The first-order valence-electron chi connectivity index (χ1n) is 25.3. The zero-order valence-electron chi connectivity index (χ0n) is 42.5. The molecule has 7 amide bonds. The van der Waals surface area contributed by atoms with Crippen molar-refractivity contribution in [2.24, 2.45) is 17.6 Å². The molecule has 0 unspecified atom stereocenters. The van der Waals surface area contributed by atoms with Gasteiger partial charge in [-0.1, -0.05) is 68.8 Å². The maximum atomic E-state index is 14.0. The Bertz CT molecular complexity index is 2970. The number of Topliss-reactive ketones (excluding diaryl/α,β-unsaturated/α-hetero) is 1. The highest BCUT2D eigenvalue weighted by atomic mass is 16.6. The minimum atomic E-state index is -0.851. The summed E-state index contributed by atoms with van der Waals surface area (Å²) in [4.78, 5) is 110. The highest BCUT2D eigenvalue weighted by molar-refractivity contribution is 6.12. The average Bonchev–Trinajstić information content (AvgIpc) is 4.14. The molecular weight excluding hydrogens is 957 g/mol. The highest BCUT2D eigenvalue weighted by Crippen LogP contribution is 2.30. The van der Waals surface area contributed by atoms with Crippen molar-refractivity contribution >= 4 is 52.9 Å². The fraction of sp³-hybridized carbons (Fsp3) is 0.364. The van der Waals surface area contributed by atoms with Crippen LogP contribution in [0.25, 0.3) is 28.3 Å². The summed E-state index contributed by atoms with van der Waals surface area (Å²) in [6, 6.07) is 24.8. The van der Waals surface area contributed by atoms with Gasteiger partial charge in [-0.3, -0.25) is 33.9 Å². The predicted octanol–water partition coefficient (Wildman–Crippen LogP) is 6.85. The summed E-state index contributed by atoms with van der Waals surface area (Å²) in [5, 5.41) is 12.6. The lowest BCUT2D eigenvalue weighted by atomic mass is 9.89. The number of anilines is 1. The third-order valence-electron chi connectivity index (χ3n) is 12.7. The number of ketones is 1. The van der Waals surface area contributed by atoms with E-state index >= 15 is 0 Å². The third kappa shape index (κ3) is 15.7. The van der Waals surface area contributed by atoms with Gasteiger partial charge in [0, 0.05) is 73.7 Å². The molecule has 75 heavy (non-hydrogen) atoms. The average molecular weight is 1020 g/mol. The topological polar surface area (TPSA) is 269 Å². The fourth-order valence-corrected chi connectivity index (χ4v) is 8.73. The number of ether oxygens (including phenoxy) is 1. The molecule has 5 heterocycles. The molecule has 20 nitrogen and oxygen atoms in total. The summed E-state index contributed by atoms with van der Waals surface area (Å²) in [5.74, 6) is -2.30. The molecule has 392 valence electrons. The van der Waals surface area contributed by atoms with Gasteiger partial charge in [-0.2, -0.15) is 5.10 Å². The van der Waals surface area contributed by atoms with Crippen molar-refractivity contribution in [3.05, 3.63) is 132 Å². The Morgan fingerprint density at radius 3 is 2.35 bits per heavy atom. The van der Waals surface area contributed by atoms with Crippen LogP contribution in [0.4, 0.5) is 15.3 Å². The Balaban J connectivity index is 0.977. The number of rotatable bonds is 27. The van der Waals surface area contributed by atoms with Crippen LogP contribution in [0.5, 0.6) is 0 Å². The van der Waals surface area contributed by atoms with Gasteiger partial charge in [-0.25, -0.2) is 24.1 Å². The fourth-order valence-electron chi connectivity index (χ4n) is 8.73. The molecule has 2 aromatic carbocycles. The van der Waals surface area contributed by atoms with Crippen LogP contribution in [0.2, 0.25) is 0 Å². The number of imidazole rings is 1. The first kappa shape index (κ1) is 54.2. The van der Waals surface area contributed by atoms with Crippen molar-refractivity contribution in [1.29, 1.82) is 0 Å². The monoisotopic (exact) mass is 1020 g/mol. The number of urea groups is 1. The van der Waals surface area contributed by atoms with Crippen molar-refractivity contribution in [1.82, 2.24) is 50.0 Å². The zero-order valence-corrected chi connectivity index (χ0v) is 42.5. The number of aryl methyl sites for hydroxylation is 2. The SMILES string of the molecule is Cc1cccc(-c2[nH]c(CN(CCCc3ccccc3)C(=O)OCc3ccc(NC(=O)[C@H](CCCNC(N)=O)CC(=O)[C@@H](NC(=O)CCCCCN4C(=O)C=CC4=O)C(C)C)cc3)nc2-c2ccc3ncnn3c2)n1. The van der Waals surface area contributed by atoms with E-state index in [1.165, 1.54) is 18.5 Å². The Kier molecular flexibility index (Phi) is 19.1. The van der Waals surface area contributed by atoms with E-state index in [0.29, 0.717) is 78.5 Å². The number of unbranched alkanes of at least 4 members (excludes halogenated alkanes) is 2. The molecule has 0 aliphatic carbocycles. The number of primary amides is 1. The van der Waals surface area contributed by atoms with Gasteiger partial charge in [0.2, 0.25) is 11.8 Å². The first-order chi connectivity index (χ1) is 36.2. The van der Waals surface area contributed by atoms with Crippen LogP contribution in [-0.4, -0.2) is 107 Å². The first-order valence-corrected chi connectivity index (χ1v) is 25.3. The smallest absolute Gasteiger partial charge is 0.410 e. The molecule has 0 saturated heterocycles. The number of hydrogen-bond acceptors (Lipinski definition) is 12. The summed E-state index contributed by atoms with van der Waals surface area (Å²) >= 11 is 0. The van der Waals surface area contributed by atoms with E-state index in [2.05, 4.69) is 31.0 Å². The van der Waals surface area contributed by atoms with Crippen LogP contribution in [-0.2, 0) is 48.3 Å². The molecule has 0 radical (unpaired) electrons. The molecule has 0 bridgehead atoms. The summed E-state index contributed by atoms with van der Waals surface area (Å²) in [6.07, 6.45) is 8.86. The minimum Gasteiger partial charge on any atom is -0.445 e. The van der Waals surface area contributed by atoms with E-state index < -0.39 is 30.0 Å². The Morgan fingerprint density at radius 1 is 0.840 bits per heavy atom. The molecule has 0 saturated carbocycles. The largest absolute Gasteiger partial charge is 0.445 e. The number of aromatic nitrogens is 6. The molecule has 0 spiro atoms. The van der Waals surface area contributed by atoms with Gasteiger partial charge < -0.3 is 36.3 Å². The van der Waals surface area contributed by atoms with Crippen LogP contribution < -0.4 is 21.7 Å². The van der Waals surface area contributed by atoms with Crippen LogP contribution >= 0.6 is 0 Å². The number of H-pyrrole nitrogens is 1. The van der Waals surface area contributed by atoms with Gasteiger partial charge in [0.15, 0.2) is 11.4 Å². The van der Waals surface area contributed by atoms with E-state index in [4.69, 9.17) is 20.4 Å². The second-order valence-corrected chi connectivity index (χ2v) is 18.9. The number of nitrogens with zero attached hydrogens (tertiary/aromatic N) is 7. The quantitative estimate of drug-likeness (QED) is 0.0262. The molecule has 4 aromatic heterocycles. The predicted molar refractivity (Wildman–Crippen MR) is 280 cm³/mol. The number of aromatic amines is 1. The van der Waals surface area contributed by atoms with E-state index in [0.717, 1.165) is 28.1 Å². The molecule has 1 aliphatic rings. The lowest BCUT2D eigenvalue weighted by molar-refractivity contribution is -0.137. The normalized spacial score (nSPS) is 13.0. The van der Waals surface area contributed by atoms with Crippen molar-refractivity contribution in [2.45, 2.75) is 97.8 Å². The Morgan fingerprint density at radius 2 is 1.61 bits per heavy atom.